The van der Waals surface area contributed by atoms with E-state index in [9.17, 15) is 5.11 Å². The van der Waals surface area contributed by atoms with Crippen LogP contribution in [0.4, 0.5) is 0 Å². The highest BCUT2D eigenvalue weighted by Gasteiger charge is 2.15. The first-order valence-electron chi connectivity index (χ1n) is 6.76. The predicted molar refractivity (Wildman–Crippen MR) is 80.7 cm³/mol. The molecule has 0 fully saturated rings. The van der Waals surface area contributed by atoms with E-state index in [1.807, 2.05) is 24.3 Å². The molecule has 1 N–H and O–H groups in total. The van der Waals surface area contributed by atoms with E-state index in [-0.39, 0.29) is 0 Å². The second kappa shape index (κ2) is 7.93. The van der Waals surface area contributed by atoms with Crippen molar-refractivity contribution < 1.29 is 5.11 Å². The Morgan fingerprint density at radius 2 is 1.94 bits per heavy atom. The molecule has 2 atom stereocenters. The first-order valence-corrected chi connectivity index (χ1v) is 7.55. The Bertz CT molecular complexity index is 356. The van der Waals surface area contributed by atoms with Crippen LogP contribution in [0.15, 0.2) is 28.7 Å². The van der Waals surface area contributed by atoms with Crippen molar-refractivity contribution in [1.29, 1.82) is 0 Å². The molecule has 0 spiro atoms. The number of aliphatic hydroxyl groups excluding tert-OH is 1. The average Bonchev–Trinajstić information content (AvgIpc) is 2.39. The van der Waals surface area contributed by atoms with E-state index >= 15 is 0 Å². The largest absolute Gasteiger partial charge is 0.388 e. The number of nitrogens with zero attached hydrogens (tertiary/aromatic N) is 1. The van der Waals surface area contributed by atoms with Crippen LogP contribution in [0.2, 0.25) is 0 Å². The lowest BCUT2D eigenvalue weighted by Gasteiger charge is -2.28. The Hall–Kier alpha value is -0.380. The SMILES string of the molecule is CCC(C)N(CC)CCC(O)c1ccccc1Br. The molecule has 3 heteroatoms. The average molecular weight is 314 g/mol. The monoisotopic (exact) mass is 313 g/mol. The minimum atomic E-state index is -0.390. The summed E-state index contributed by atoms with van der Waals surface area (Å²) >= 11 is 3.49. The highest BCUT2D eigenvalue weighted by Crippen LogP contribution is 2.25. The van der Waals surface area contributed by atoms with Gasteiger partial charge in [0.05, 0.1) is 6.10 Å². The van der Waals surface area contributed by atoms with Crippen LogP contribution in [-0.4, -0.2) is 29.1 Å². The third kappa shape index (κ3) is 4.38. The molecule has 1 rings (SSSR count). The molecule has 0 radical (unpaired) electrons. The summed E-state index contributed by atoms with van der Waals surface area (Å²) in [5.74, 6) is 0. The molecular weight excluding hydrogens is 290 g/mol. The molecule has 0 bridgehead atoms. The van der Waals surface area contributed by atoms with Crippen molar-refractivity contribution >= 4 is 15.9 Å². The predicted octanol–water partition coefficient (Wildman–Crippen LogP) is 3.99. The molecule has 0 saturated carbocycles. The summed E-state index contributed by atoms with van der Waals surface area (Å²) in [5, 5.41) is 10.2. The lowest BCUT2D eigenvalue weighted by Crippen LogP contribution is -2.34. The van der Waals surface area contributed by atoms with Gasteiger partial charge < -0.3 is 10.0 Å². The maximum atomic E-state index is 10.2. The van der Waals surface area contributed by atoms with Crippen LogP contribution in [0.25, 0.3) is 0 Å². The summed E-state index contributed by atoms with van der Waals surface area (Å²) in [6.45, 7) is 8.61. The van der Waals surface area contributed by atoms with Crippen LogP contribution >= 0.6 is 15.9 Å². The Morgan fingerprint density at radius 3 is 2.50 bits per heavy atom. The Labute approximate surface area is 119 Å². The summed E-state index contributed by atoms with van der Waals surface area (Å²) in [4.78, 5) is 2.42. The second-order valence-electron chi connectivity index (χ2n) is 4.71. The maximum absolute atomic E-state index is 10.2. The second-order valence-corrected chi connectivity index (χ2v) is 5.57. The van der Waals surface area contributed by atoms with Crippen molar-refractivity contribution in [1.82, 2.24) is 4.90 Å². The van der Waals surface area contributed by atoms with Crippen molar-refractivity contribution in [3.05, 3.63) is 34.3 Å². The Morgan fingerprint density at radius 1 is 1.28 bits per heavy atom. The van der Waals surface area contributed by atoms with Gasteiger partial charge in [0.25, 0.3) is 0 Å². The Kier molecular flexibility index (Phi) is 6.90. The molecule has 0 heterocycles. The standard InChI is InChI=1S/C15H24BrNO/c1-4-12(3)17(5-2)11-10-15(18)13-8-6-7-9-14(13)16/h6-9,12,15,18H,4-5,10-11H2,1-3H3. The van der Waals surface area contributed by atoms with Crippen LogP contribution in [0.1, 0.15) is 45.3 Å². The van der Waals surface area contributed by atoms with Gasteiger partial charge >= 0.3 is 0 Å². The van der Waals surface area contributed by atoms with Crippen LogP contribution in [0.5, 0.6) is 0 Å². The van der Waals surface area contributed by atoms with E-state index < -0.39 is 6.10 Å². The number of benzene rings is 1. The Balaban J connectivity index is 2.55. The fourth-order valence-electron chi connectivity index (χ4n) is 2.14. The number of hydrogen-bond acceptors (Lipinski definition) is 2. The summed E-state index contributed by atoms with van der Waals surface area (Å²) in [7, 11) is 0. The van der Waals surface area contributed by atoms with Crippen molar-refractivity contribution in [3.8, 4) is 0 Å². The van der Waals surface area contributed by atoms with Crippen LogP contribution in [-0.2, 0) is 0 Å². The molecule has 0 aliphatic heterocycles. The maximum Gasteiger partial charge on any atom is 0.0813 e. The molecule has 0 aromatic heterocycles. The van der Waals surface area contributed by atoms with Crippen LogP contribution in [0.3, 0.4) is 0 Å². The zero-order valence-corrected chi connectivity index (χ0v) is 13.2. The van der Waals surface area contributed by atoms with Crippen molar-refractivity contribution in [2.75, 3.05) is 13.1 Å². The first-order chi connectivity index (χ1) is 8.60. The fourth-order valence-corrected chi connectivity index (χ4v) is 2.69. The minimum absolute atomic E-state index is 0.390. The van der Waals surface area contributed by atoms with Gasteiger partial charge in [0.15, 0.2) is 0 Å². The number of rotatable bonds is 7. The molecule has 1 aromatic carbocycles. The summed E-state index contributed by atoms with van der Waals surface area (Å²) in [6.07, 6.45) is 1.54. The van der Waals surface area contributed by atoms with E-state index in [4.69, 9.17) is 0 Å². The van der Waals surface area contributed by atoms with E-state index in [0.29, 0.717) is 6.04 Å². The zero-order valence-electron chi connectivity index (χ0n) is 11.6. The number of hydrogen-bond donors (Lipinski definition) is 1. The molecule has 0 saturated heterocycles. The van der Waals surface area contributed by atoms with Gasteiger partial charge in [-0.1, -0.05) is 48.0 Å². The smallest absolute Gasteiger partial charge is 0.0813 e. The molecule has 2 nitrogen and oxygen atoms in total. The molecule has 0 amide bonds. The highest BCUT2D eigenvalue weighted by atomic mass is 79.9. The van der Waals surface area contributed by atoms with E-state index in [2.05, 4.69) is 41.6 Å². The van der Waals surface area contributed by atoms with Crippen molar-refractivity contribution in [2.24, 2.45) is 0 Å². The lowest BCUT2D eigenvalue weighted by atomic mass is 10.1. The van der Waals surface area contributed by atoms with Crippen LogP contribution in [0, 0.1) is 0 Å². The van der Waals surface area contributed by atoms with Gasteiger partial charge in [-0.2, -0.15) is 0 Å². The van der Waals surface area contributed by atoms with E-state index in [1.165, 1.54) is 0 Å². The zero-order chi connectivity index (χ0) is 13.5. The van der Waals surface area contributed by atoms with Gasteiger partial charge in [-0.05, 0) is 37.9 Å². The van der Waals surface area contributed by atoms with Crippen molar-refractivity contribution in [3.63, 3.8) is 0 Å². The molecule has 18 heavy (non-hydrogen) atoms. The van der Waals surface area contributed by atoms with E-state index in [0.717, 1.165) is 36.0 Å². The summed E-state index contributed by atoms with van der Waals surface area (Å²) in [6, 6.07) is 8.48. The van der Waals surface area contributed by atoms with Gasteiger partial charge in [-0.15, -0.1) is 0 Å². The third-order valence-electron chi connectivity index (χ3n) is 3.57. The number of halogens is 1. The van der Waals surface area contributed by atoms with Gasteiger partial charge in [-0.25, -0.2) is 0 Å². The van der Waals surface area contributed by atoms with E-state index in [1.54, 1.807) is 0 Å². The summed E-state index contributed by atoms with van der Waals surface area (Å²) in [5.41, 5.74) is 0.984. The molecule has 102 valence electrons. The lowest BCUT2D eigenvalue weighted by molar-refractivity contribution is 0.128. The minimum Gasteiger partial charge on any atom is -0.388 e. The molecule has 0 aliphatic rings. The molecular formula is C15H24BrNO. The van der Waals surface area contributed by atoms with Gasteiger partial charge in [-0.3, -0.25) is 0 Å². The molecule has 1 aromatic rings. The van der Waals surface area contributed by atoms with Gasteiger partial charge in [0, 0.05) is 17.1 Å². The van der Waals surface area contributed by atoms with Gasteiger partial charge in [0.2, 0.25) is 0 Å². The first kappa shape index (κ1) is 15.7. The normalized spacial score (nSPS) is 14.8. The van der Waals surface area contributed by atoms with Gasteiger partial charge in [0.1, 0.15) is 0 Å². The highest BCUT2D eigenvalue weighted by molar-refractivity contribution is 9.10. The molecule has 2 unspecified atom stereocenters. The van der Waals surface area contributed by atoms with Crippen LogP contribution < -0.4 is 0 Å². The number of aliphatic hydroxyl groups is 1. The topological polar surface area (TPSA) is 23.5 Å². The third-order valence-corrected chi connectivity index (χ3v) is 4.30. The van der Waals surface area contributed by atoms with Crippen molar-refractivity contribution in [2.45, 2.75) is 45.8 Å². The fraction of sp³-hybridized carbons (Fsp3) is 0.600. The molecule has 0 aliphatic carbocycles. The summed E-state index contributed by atoms with van der Waals surface area (Å²) < 4.78 is 0.990. The quantitative estimate of drug-likeness (QED) is 0.822.